The first-order valence-electron chi connectivity index (χ1n) is 8.87. The van der Waals surface area contributed by atoms with Crippen LogP contribution in [-0.4, -0.2) is 20.3 Å². The standard InChI is InChI=1S/C21H20N4OS/c1-14(2)21(26)23-16-8-6-15(7-9-16)18-13-27-20(24-18)11-17-12-25-10-4-3-5-19(25)22-17/h3-10,12-14H,11H2,1-2H3,(H,23,26). The maximum Gasteiger partial charge on any atom is 0.226 e. The number of amides is 1. The Bertz CT molecular complexity index is 1050. The van der Waals surface area contributed by atoms with Crippen molar-refractivity contribution in [2.75, 3.05) is 5.32 Å². The number of hydrogen-bond acceptors (Lipinski definition) is 4. The molecule has 0 saturated heterocycles. The molecule has 1 N–H and O–H groups in total. The second-order valence-corrected chi connectivity index (χ2v) is 7.67. The van der Waals surface area contributed by atoms with Gasteiger partial charge in [-0.3, -0.25) is 4.79 Å². The van der Waals surface area contributed by atoms with Gasteiger partial charge in [0, 0.05) is 41.4 Å². The first-order valence-corrected chi connectivity index (χ1v) is 9.75. The van der Waals surface area contributed by atoms with Crippen molar-refractivity contribution in [1.82, 2.24) is 14.4 Å². The third-order valence-electron chi connectivity index (χ3n) is 4.27. The van der Waals surface area contributed by atoms with Gasteiger partial charge < -0.3 is 9.72 Å². The molecule has 0 aliphatic heterocycles. The predicted octanol–water partition coefficient (Wildman–Crippen LogP) is 4.64. The summed E-state index contributed by atoms with van der Waals surface area (Å²) in [6.45, 7) is 3.76. The zero-order valence-corrected chi connectivity index (χ0v) is 16.0. The van der Waals surface area contributed by atoms with E-state index in [1.54, 1.807) is 11.3 Å². The van der Waals surface area contributed by atoms with Gasteiger partial charge in [0.2, 0.25) is 5.91 Å². The topological polar surface area (TPSA) is 59.3 Å². The molecule has 0 aliphatic carbocycles. The van der Waals surface area contributed by atoms with Gasteiger partial charge in [0.15, 0.2) is 0 Å². The second-order valence-electron chi connectivity index (χ2n) is 6.72. The molecule has 0 fully saturated rings. The van der Waals surface area contributed by atoms with E-state index in [-0.39, 0.29) is 11.8 Å². The van der Waals surface area contributed by atoms with Crippen molar-refractivity contribution < 1.29 is 4.79 Å². The van der Waals surface area contributed by atoms with Crippen LogP contribution in [0.3, 0.4) is 0 Å². The first kappa shape index (κ1) is 17.4. The molecule has 136 valence electrons. The Morgan fingerprint density at radius 3 is 2.70 bits per heavy atom. The van der Waals surface area contributed by atoms with E-state index in [1.165, 1.54) is 0 Å². The molecule has 4 aromatic rings. The van der Waals surface area contributed by atoms with E-state index in [9.17, 15) is 4.79 Å². The lowest BCUT2D eigenvalue weighted by molar-refractivity contribution is -0.118. The maximum absolute atomic E-state index is 11.8. The average molecular weight is 376 g/mol. The van der Waals surface area contributed by atoms with Crippen LogP contribution in [0.25, 0.3) is 16.9 Å². The molecule has 0 spiro atoms. The van der Waals surface area contributed by atoms with Crippen LogP contribution in [0.2, 0.25) is 0 Å². The monoisotopic (exact) mass is 376 g/mol. The quantitative estimate of drug-likeness (QED) is 0.552. The largest absolute Gasteiger partial charge is 0.326 e. The fourth-order valence-corrected chi connectivity index (χ4v) is 3.58. The minimum absolute atomic E-state index is 0.0196. The average Bonchev–Trinajstić information content (AvgIpc) is 3.29. The van der Waals surface area contributed by atoms with Gasteiger partial charge in [-0.1, -0.05) is 32.0 Å². The van der Waals surface area contributed by atoms with E-state index in [0.717, 1.165) is 39.7 Å². The molecule has 1 aromatic carbocycles. The Morgan fingerprint density at radius 1 is 1.15 bits per heavy atom. The number of nitrogens with zero attached hydrogens (tertiary/aromatic N) is 3. The molecule has 5 nitrogen and oxygen atoms in total. The molecule has 3 aromatic heterocycles. The number of pyridine rings is 1. The lowest BCUT2D eigenvalue weighted by Gasteiger charge is -2.07. The van der Waals surface area contributed by atoms with Gasteiger partial charge in [-0.25, -0.2) is 9.97 Å². The molecule has 0 bridgehead atoms. The lowest BCUT2D eigenvalue weighted by atomic mass is 10.1. The van der Waals surface area contributed by atoms with Crippen LogP contribution in [0, 0.1) is 5.92 Å². The Morgan fingerprint density at radius 2 is 1.96 bits per heavy atom. The summed E-state index contributed by atoms with van der Waals surface area (Å²) in [6, 6.07) is 13.8. The third kappa shape index (κ3) is 3.90. The number of aromatic nitrogens is 3. The van der Waals surface area contributed by atoms with Crippen LogP contribution in [-0.2, 0) is 11.2 Å². The van der Waals surface area contributed by atoms with Crippen LogP contribution < -0.4 is 5.32 Å². The van der Waals surface area contributed by atoms with Crippen LogP contribution >= 0.6 is 11.3 Å². The van der Waals surface area contributed by atoms with Crippen molar-refractivity contribution in [1.29, 1.82) is 0 Å². The maximum atomic E-state index is 11.8. The number of carbonyl (C=O) groups excluding carboxylic acids is 1. The van der Waals surface area contributed by atoms with E-state index in [1.807, 2.05) is 73.1 Å². The van der Waals surface area contributed by atoms with E-state index in [4.69, 9.17) is 4.98 Å². The van der Waals surface area contributed by atoms with Crippen molar-refractivity contribution in [3.8, 4) is 11.3 Å². The van der Waals surface area contributed by atoms with Gasteiger partial charge in [-0.2, -0.15) is 0 Å². The summed E-state index contributed by atoms with van der Waals surface area (Å²) < 4.78 is 2.02. The van der Waals surface area contributed by atoms with Gasteiger partial charge in [0.1, 0.15) is 5.65 Å². The molecule has 0 radical (unpaired) electrons. The third-order valence-corrected chi connectivity index (χ3v) is 5.12. The molecule has 1 amide bonds. The van der Waals surface area contributed by atoms with Gasteiger partial charge >= 0.3 is 0 Å². The zero-order chi connectivity index (χ0) is 18.8. The Kier molecular flexibility index (Phi) is 4.73. The van der Waals surface area contributed by atoms with Crippen LogP contribution in [0.5, 0.6) is 0 Å². The number of carbonyl (C=O) groups is 1. The zero-order valence-electron chi connectivity index (χ0n) is 15.2. The number of anilines is 1. The van der Waals surface area contributed by atoms with Crippen molar-refractivity contribution in [3.05, 3.63) is 70.9 Å². The predicted molar refractivity (Wildman–Crippen MR) is 109 cm³/mol. The number of benzene rings is 1. The summed E-state index contributed by atoms with van der Waals surface area (Å²) in [7, 11) is 0. The summed E-state index contributed by atoms with van der Waals surface area (Å²) in [4.78, 5) is 21.2. The lowest BCUT2D eigenvalue weighted by Crippen LogP contribution is -2.17. The van der Waals surface area contributed by atoms with E-state index < -0.39 is 0 Å². The van der Waals surface area contributed by atoms with Crippen molar-refractivity contribution in [3.63, 3.8) is 0 Å². The highest BCUT2D eigenvalue weighted by molar-refractivity contribution is 7.10. The van der Waals surface area contributed by atoms with Crippen molar-refractivity contribution >= 4 is 28.6 Å². The summed E-state index contributed by atoms with van der Waals surface area (Å²) >= 11 is 1.64. The van der Waals surface area contributed by atoms with E-state index >= 15 is 0 Å². The van der Waals surface area contributed by atoms with Gasteiger partial charge in [0.05, 0.1) is 16.4 Å². The molecule has 3 heterocycles. The number of imidazole rings is 1. The minimum atomic E-state index is -0.0367. The fourth-order valence-electron chi connectivity index (χ4n) is 2.76. The van der Waals surface area contributed by atoms with Crippen molar-refractivity contribution in [2.24, 2.45) is 5.92 Å². The Hall–Kier alpha value is -2.99. The van der Waals surface area contributed by atoms with Gasteiger partial charge in [-0.05, 0) is 24.3 Å². The summed E-state index contributed by atoms with van der Waals surface area (Å²) in [5.74, 6) is -0.0171. The molecular weight excluding hydrogens is 356 g/mol. The van der Waals surface area contributed by atoms with Crippen molar-refractivity contribution in [2.45, 2.75) is 20.3 Å². The Balaban J connectivity index is 1.48. The fraction of sp³-hybridized carbons (Fsp3) is 0.190. The molecule has 0 unspecified atom stereocenters. The van der Waals surface area contributed by atoms with E-state index in [0.29, 0.717) is 0 Å². The molecule has 0 aliphatic rings. The Labute approximate surface area is 161 Å². The first-order chi connectivity index (χ1) is 13.1. The normalized spacial score (nSPS) is 11.2. The second kappa shape index (κ2) is 7.32. The summed E-state index contributed by atoms with van der Waals surface area (Å²) in [5.41, 5.74) is 4.74. The highest BCUT2D eigenvalue weighted by atomic mass is 32.1. The summed E-state index contributed by atoms with van der Waals surface area (Å²) in [5, 5.41) is 6.00. The molecule has 4 rings (SSSR count). The van der Waals surface area contributed by atoms with Crippen LogP contribution in [0.15, 0.2) is 60.2 Å². The number of fused-ring (bicyclic) bond motifs is 1. The van der Waals surface area contributed by atoms with Crippen LogP contribution in [0.4, 0.5) is 5.69 Å². The molecule has 0 atom stereocenters. The molecule has 6 heteroatoms. The highest BCUT2D eigenvalue weighted by Crippen LogP contribution is 2.25. The highest BCUT2D eigenvalue weighted by Gasteiger charge is 2.10. The molecule has 0 saturated carbocycles. The SMILES string of the molecule is CC(C)C(=O)Nc1ccc(-c2csc(Cc3cn4ccccc4n3)n2)cc1. The van der Waals surface area contributed by atoms with Gasteiger partial charge in [0.25, 0.3) is 0 Å². The van der Waals surface area contributed by atoms with E-state index in [2.05, 4.69) is 15.7 Å². The minimum Gasteiger partial charge on any atom is -0.326 e. The number of rotatable bonds is 5. The number of thiazole rings is 1. The smallest absolute Gasteiger partial charge is 0.226 e. The van der Waals surface area contributed by atoms with Crippen LogP contribution in [0.1, 0.15) is 24.5 Å². The van der Waals surface area contributed by atoms with Gasteiger partial charge in [-0.15, -0.1) is 11.3 Å². The number of nitrogens with one attached hydrogen (secondary N) is 1. The summed E-state index contributed by atoms with van der Waals surface area (Å²) in [6.07, 6.45) is 4.76. The molecular formula is C21H20N4OS. The molecule has 27 heavy (non-hydrogen) atoms. The number of hydrogen-bond donors (Lipinski definition) is 1.